The SMILES string of the molecule is CN(CCCOc1cccc(S(C)(=O)=O)c1)C(=O)CCN. The van der Waals surface area contributed by atoms with Crippen LogP contribution in [0.4, 0.5) is 0 Å². The lowest BCUT2D eigenvalue weighted by Crippen LogP contribution is -2.30. The van der Waals surface area contributed by atoms with Gasteiger partial charge in [0.25, 0.3) is 0 Å². The Morgan fingerprint density at radius 1 is 1.38 bits per heavy atom. The highest BCUT2D eigenvalue weighted by atomic mass is 32.2. The number of sulfone groups is 1. The van der Waals surface area contributed by atoms with Gasteiger partial charge in [0.2, 0.25) is 5.91 Å². The molecule has 0 aliphatic carbocycles. The van der Waals surface area contributed by atoms with Crippen molar-refractivity contribution in [2.75, 3.05) is 33.0 Å². The molecule has 0 saturated heterocycles. The third-order valence-electron chi connectivity index (χ3n) is 2.92. The van der Waals surface area contributed by atoms with Crippen LogP contribution in [0.15, 0.2) is 29.2 Å². The monoisotopic (exact) mass is 314 g/mol. The molecule has 1 amide bonds. The Kier molecular flexibility index (Phi) is 6.64. The van der Waals surface area contributed by atoms with Crippen LogP contribution in [0.5, 0.6) is 5.75 Å². The van der Waals surface area contributed by atoms with Gasteiger partial charge in [-0.1, -0.05) is 6.07 Å². The van der Waals surface area contributed by atoms with Gasteiger partial charge in [0.1, 0.15) is 5.75 Å². The Bertz CT molecular complexity index is 572. The Balaban J connectivity index is 2.41. The van der Waals surface area contributed by atoms with E-state index in [0.29, 0.717) is 38.3 Å². The van der Waals surface area contributed by atoms with E-state index in [0.717, 1.165) is 6.26 Å². The van der Waals surface area contributed by atoms with Gasteiger partial charge in [-0.25, -0.2) is 8.42 Å². The first-order valence-electron chi connectivity index (χ1n) is 6.71. The second-order valence-electron chi connectivity index (χ2n) is 4.80. The van der Waals surface area contributed by atoms with Crippen LogP contribution in [0.2, 0.25) is 0 Å². The number of carbonyl (C=O) groups excluding carboxylic acids is 1. The van der Waals surface area contributed by atoms with Crippen molar-refractivity contribution >= 4 is 15.7 Å². The first-order valence-corrected chi connectivity index (χ1v) is 8.60. The summed E-state index contributed by atoms with van der Waals surface area (Å²) in [4.78, 5) is 13.3. The molecule has 0 saturated carbocycles. The predicted octanol–water partition coefficient (Wildman–Crippen LogP) is 0.666. The van der Waals surface area contributed by atoms with E-state index in [1.165, 1.54) is 12.1 Å². The highest BCUT2D eigenvalue weighted by Gasteiger charge is 2.09. The van der Waals surface area contributed by atoms with Gasteiger partial charge in [0.05, 0.1) is 11.5 Å². The van der Waals surface area contributed by atoms with E-state index in [9.17, 15) is 13.2 Å². The van der Waals surface area contributed by atoms with Crippen LogP contribution < -0.4 is 10.5 Å². The molecule has 0 heterocycles. The minimum atomic E-state index is -3.23. The van der Waals surface area contributed by atoms with Gasteiger partial charge in [0, 0.05) is 32.8 Å². The zero-order valence-corrected chi connectivity index (χ0v) is 13.2. The number of hydrogen-bond acceptors (Lipinski definition) is 5. The Hall–Kier alpha value is -1.60. The normalized spacial score (nSPS) is 11.2. The van der Waals surface area contributed by atoms with E-state index in [4.69, 9.17) is 10.5 Å². The molecule has 21 heavy (non-hydrogen) atoms. The summed E-state index contributed by atoms with van der Waals surface area (Å²) in [6, 6.07) is 6.38. The Morgan fingerprint density at radius 2 is 2.10 bits per heavy atom. The summed E-state index contributed by atoms with van der Waals surface area (Å²) in [6.07, 6.45) is 2.16. The van der Waals surface area contributed by atoms with Crippen LogP contribution in [-0.4, -0.2) is 52.2 Å². The molecule has 1 rings (SSSR count). The van der Waals surface area contributed by atoms with Gasteiger partial charge < -0.3 is 15.4 Å². The topological polar surface area (TPSA) is 89.7 Å². The van der Waals surface area contributed by atoms with Gasteiger partial charge >= 0.3 is 0 Å². The summed E-state index contributed by atoms with van der Waals surface area (Å²) in [5, 5.41) is 0. The molecule has 0 radical (unpaired) electrons. The van der Waals surface area contributed by atoms with Crippen molar-refractivity contribution in [3.05, 3.63) is 24.3 Å². The van der Waals surface area contributed by atoms with Crippen molar-refractivity contribution in [1.29, 1.82) is 0 Å². The predicted molar refractivity (Wildman–Crippen MR) is 81.0 cm³/mol. The number of rotatable bonds is 8. The number of amides is 1. The van der Waals surface area contributed by atoms with Gasteiger partial charge in [-0.2, -0.15) is 0 Å². The lowest BCUT2D eigenvalue weighted by molar-refractivity contribution is -0.129. The van der Waals surface area contributed by atoms with Gasteiger partial charge in [0.15, 0.2) is 9.84 Å². The number of benzene rings is 1. The maximum atomic E-state index is 11.5. The zero-order chi connectivity index (χ0) is 15.9. The molecule has 0 bridgehead atoms. The summed E-state index contributed by atoms with van der Waals surface area (Å²) >= 11 is 0. The van der Waals surface area contributed by atoms with Gasteiger partial charge in [-0.05, 0) is 24.6 Å². The number of nitrogens with zero attached hydrogens (tertiary/aromatic N) is 1. The molecule has 2 N–H and O–H groups in total. The second kappa shape index (κ2) is 7.99. The van der Waals surface area contributed by atoms with E-state index < -0.39 is 9.84 Å². The summed E-state index contributed by atoms with van der Waals surface area (Å²) < 4.78 is 28.4. The van der Waals surface area contributed by atoms with Crippen molar-refractivity contribution in [1.82, 2.24) is 4.90 Å². The summed E-state index contributed by atoms with van der Waals surface area (Å²) in [7, 11) is -1.51. The van der Waals surface area contributed by atoms with Crippen LogP contribution in [-0.2, 0) is 14.6 Å². The third-order valence-corrected chi connectivity index (χ3v) is 4.03. The molecule has 0 atom stereocenters. The molecule has 0 aliphatic rings. The Labute approximate surface area is 125 Å². The van der Waals surface area contributed by atoms with Crippen LogP contribution in [0, 0.1) is 0 Å². The number of ether oxygens (including phenoxy) is 1. The summed E-state index contributed by atoms with van der Waals surface area (Å²) in [6.45, 7) is 1.33. The Morgan fingerprint density at radius 3 is 2.71 bits per heavy atom. The number of nitrogens with two attached hydrogens (primary N) is 1. The highest BCUT2D eigenvalue weighted by molar-refractivity contribution is 7.90. The molecule has 118 valence electrons. The zero-order valence-electron chi connectivity index (χ0n) is 12.4. The minimum Gasteiger partial charge on any atom is -0.493 e. The fraction of sp³-hybridized carbons (Fsp3) is 0.500. The largest absolute Gasteiger partial charge is 0.493 e. The first-order chi connectivity index (χ1) is 9.84. The smallest absolute Gasteiger partial charge is 0.223 e. The lowest BCUT2D eigenvalue weighted by atomic mass is 10.3. The average Bonchev–Trinajstić information content (AvgIpc) is 2.43. The molecule has 1 aromatic rings. The van der Waals surface area contributed by atoms with Crippen LogP contribution in [0.3, 0.4) is 0 Å². The van der Waals surface area contributed by atoms with Crippen molar-refractivity contribution < 1.29 is 17.9 Å². The summed E-state index contributed by atoms with van der Waals surface area (Å²) in [5.41, 5.74) is 5.33. The molecule has 0 aliphatic heterocycles. The van der Waals surface area contributed by atoms with E-state index in [1.807, 2.05) is 0 Å². The molecule has 6 nitrogen and oxygen atoms in total. The standard InChI is InChI=1S/C14H22N2O4S/c1-16(14(17)7-8-15)9-4-10-20-12-5-3-6-13(11-12)21(2,18)19/h3,5-6,11H,4,7-10,15H2,1-2H3. The molecular formula is C14H22N2O4S. The van der Waals surface area contributed by atoms with E-state index in [-0.39, 0.29) is 10.8 Å². The van der Waals surface area contributed by atoms with Crippen molar-refractivity contribution in [3.63, 3.8) is 0 Å². The lowest BCUT2D eigenvalue weighted by Gasteiger charge is -2.16. The van der Waals surface area contributed by atoms with Gasteiger partial charge in [-0.3, -0.25) is 4.79 Å². The molecule has 1 aromatic carbocycles. The fourth-order valence-electron chi connectivity index (χ4n) is 1.73. The maximum absolute atomic E-state index is 11.5. The molecule has 7 heteroatoms. The van der Waals surface area contributed by atoms with Crippen molar-refractivity contribution in [2.45, 2.75) is 17.7 Å². The molecule has 0 unspecified atom stereocenters. The van der Waals surface area contributed by atoms with E-state index >= 15 is 0 Å². The van der Waals surface area contributed by atoms with Gasteiger partial charge in [-0.15, -0.1) is 0 Å². The third kappa shape index (κ3) is 6.14. The average molecular weight is 314 g/mol. The molecular weight excluding hydrogens is 292 g/mol. The summed E-state index contributed by atoms with van der Waals surface area (Å²) in [5.74, 6) is 0.519. The van der Waals surface area contributed by atoms with Crippen LogP contribution >= 0.6 is 0 Å². The van der Waals surface area contributed by atoms with Crippen LogP contribution in [0.1, 0.15) is 12.8 Å². The maximum Gasteiger partial charge on any atom is 0.223 e. The number of carbonyl (C=O) groups is 1. The minimum absolute atomic E-state index is 0.0107. The van der Waals surface area contributed by atoms with Crippen molar-refractivity contribution in [2.24, 2.45) is 5.73 Å². The van der Waals surface area contributed by atoms with Crippen molar-refractivity contribution in [3.8, 4) is 5.75 Å². The number of hydrogen-bond donors (Lipinski definition) is 1. The fourth-order valence-corrected chi connectivity index (χ4v) is 2.38. The molecule has 0 aromatic heterocycles. The highest BCUT2D eigenvalue weighted by Crippen LogP contribution is 2.17. The second-order valence-corrected chi connectivity index (χ2v) is 6.82. The molecule has 0 spiro atoms. The van der Waals surface area contributed by atoms with Crippen LogP contribution in [0.25, 0.3) is 0 Å². The van der Waals surface area contributed by atoms with E-state index in [1.54, 1.807) is 24.1 Å². The molecule has 0 fully saturated rings. The van der Waals surface area contributed by atoms with E-state index in [2.05, 4.69) is 0 Å². The quantitative estimate of drug-likeness (QED) is 0.712. The first kappa shape index (κ1) is 17.5.